The topological polar surface area (TPSA) is 29.1 Å². The Kier molecular flexibility index (Phi) is 4.28. The van der Waals surface area contributed by atoms with Crippen LogP contribution in [0.1, 0.15) is 36.8 Å². The average Bonchev–Trinajstić information content (AvgIpc) is 2.33. The lowest BCUT2D eigenvalue weighted by atomic mass is 9.78. The summed E-state index contributed by atoms with van der Waals surface area (Å²) in [5, 5.41) is 3.10. The second-order valence-electron chi connectivity index (χ2n) is 5.24. The van der Waals surface area contributed by atoms with Crippen LogP contribution in [-0.4, -0.2) is 17.3 Å². The highest BCUT2D eigenvalue weighted by Crippen LogP contribution is 2.32. The Hall–Kier alpha value is -1.02. The molecule has 18 heavy (non-hydrogen) atoms. The summed E-state index contributed by atoms with van der Waals surface area (Å²) < 4.78 is 0. The zero-order valence-corrected chi connectivity index (χ0v) is 11.6. The third kappa shape index (κ3) is 3.05. The standard InChI is InChI=1S/C15H20ClNO/c1-12-5-2-3-6-13(12)7-8-14(18)17-15(11-16)9-4-10-15/h2-3,5-6H,4,7-11H2,1H3,(H,17,18). The molecule has 1 aromatic rings. The number of hydrogen-bond acceptors (Lipinski definition) is 1. The minimum Gasteiger partial charge on any atom is -0.349 e. The molecule has 1 N–H and O–H groups in total. The molecule has 0 aromatic heterocycles. The van der Waals surface area contributed by atoms with Gasteiger partial charge in [-0.1, -0.05) is 24.3 Å². The average molecular weight is 266 g/mol. The lowest BCUT2D eigenvalue weighted by Crippen LogP contribution is -2.55. The van der Waals surface area contributed by atoms with Gasteiger partial charge in [-0.3, -0.25) is 4.79 Å². The Bertz CT molecular complexity index is 421. The van der Waals surface area contributed by atoms with Gasteiger partial charge in [-0.2, -0.15) is 0 Å². The van der Waals surface area contributed by atoms with Gasteiger partial charge >= 0.3 is 0 Å². The predicted octanol–water partition coefficient (Wildman–Crippen LogP) is 3.21. The van der Waals surface area contributed by atoms with Gasteiger partial charge in [0.2, 0.25) is 5.91 Å². The SMILES string of the molecule is Cc1ccccc1CCC(=O)NC1(CCl)CCC1. The zero-order valence-electron chi connectivity index (χ0n) is 10.8. The van der Waals surface area contributed by atoms with Gasteiger partial charge < -0.3 is 5.32 Å². The summed E-state index contributed by atoms with van der Waals surface area (Å²) >= 11 is 5.93. The molecule has 0 aliphatic heterocycles. The molecule has 0 atom stereocenters. The summed E-state index contributed by atoms with van der Waals surface area (Å²) in [6, 6.07) is 8.21. The van der Waals surface area contributed by atoms with Crippen molar-refractivity contribution in [2.45, 2.75) is 44.6 Å². The Labute approximate surface area is 114 Å². The van der Waals surface area contributed by atoms with E-state index in [0.717, 1.165) is 19.3 Å². The smallest absolute Gasteiger partial charge is 0.220 e. The van der Waals surface area contributed by atoms with Gasteiger partial charge in [0, 0.05) is 12.3 Å². The summed E-state index contributed by atoms with van der Waals surface area (Å²) in [6.07, 6.45) is 4.56. The highest BCUT2D eigenvalue weighted by molar-refractivity contribution is 6.18. The van der Waals surface area contributed by atoms with E-state index in [0.29, 0.717) is 12.3 Å². The van der Waals surface area contributed by atoms with E-state index < -0.39 is 0 Å². The molecule has 1 aliphatic rings. The number of nitrogens with one attached hydrogen (secondary N) is 1. The fraction of sp³-hybridized carbons (Fsp3) is 0.533. The number of halogens is 1. The maximum Gasteiger partial charge on any atom is 0.220 e. The maximum absolute atomic E-state index is 11.9. The molecule has 2 nitrogen and oxygen atoms in total. The normalized spacial score (nSPS) is 17.0. The molecule has 0 spiro atoms. The molecular formula is C15H20ClNO. The molecule has 0 heterocycles. The summed E-state index contributed by atoms with van der Waals surface area (Å²) in [5.74, 6) is 0.655. The third-order valence-electron chi connectivity index (χ3n) is 3.85. The number of benzene rings is 1. The van der Waals surface area contributed by atoms with Crippen molar-refractivity contribution in [2.24, 2.45) is 0 Å². The maximum atomic E-state index is 11.9. The summed E-state index contributed by atoms with van der Waals surface area (Å²) in [7, 11) is 0. The van der Waals surface area contributed by atoms with Gasteiger partial charge in [-0.15, -0.1) is 11.6 Å². The van der Waals surface area contributed by atoms with Gasteiger partial charge in [-0.25, -0.2) is 0 Å². The third-order valence-corrected chi connectivity index (χ3v) is 4.37. The molecule has 1 amide bonds. The first kappa shape index (κ1) is 13.4. The molecule has 3 heteroatoms. The molecule has 0 saturated heterocycles. The Balaban J connectivity index is 1.83. The van der Waals surface area contributed by atoms with Crippen LogP contribution in [0.5, 0.6) is 0 Å². The van der Waals surface area contributed by atoms with Crippen molar-refractivity contribution in [3.05, 3.63) is 35.4 Å². The molecule has 2 rings (SSSR count). The quantitative estimate of drug-likeness (QED) is 0.814. The fourth-order valence-corrected chi connectivity index (χ4v) is 2.73. The summed E-state index contributed by atoms with van der Waals surface area (Å²) in [6.45, 7) is 2.08. The van der Waals surface area contributed by atoms with E-state index in [2.05, 4.69) is 24.4 Å². The lowest BCUT2D eigenvalue weighted by Gasteiger charge is -2.41. The lowest BCUT2D eigenvalue weighted by molar-refractivity contribution is -0.123. The van der Waals surface area contributed by atoms with E-state index in [-0.39, 0.29) is 11.4 Å². The molecule has 0 unspecified atom stereocenters. The molecular weight excluding hydrogens is 246 g/mol. The second-order valence-corrected chi connectivity index (χ2v) is 5.51. The van der Waals surface area contributed by atoms with Crippen molar-refractivity contribution in [3.8, 4) is 0 Å². The van der Waals surface area contributed by atoms with Crippen molar-refractivity contribution < 1.29 is 4.79 Å². The first-order valence-electron chi connectivity index (χ1n) is 6.57. The van der Waals surface area contributed by atoms with Crippen LogP contribution < -0.4 is 5.32 Å². The summed E-state index contributed by atoms with van der Waals surface area (Å²) in [5.41, 5.74) is 2.40. The van der Waals surface area contributed by atoms with Crippen molar-refractivity contribution in [1.82, 2.24) is 5.32 Å². The number of alkyl halides is 1. The van der Waals surface area contributed by atoms with Gasteiger partial charge in [0.05, 0.1) is 5.54 Å². The van der Waals surface area contributed by atoms with Crippen molar-refractivity contribution >= 4 is 17.5 Å². The van der Waals surface area contributed by atoms with E-state index in [9.17, 15) is 4.79 Å². The zero-order chi connectivity index (χ0) is 13.0. The van der Waals surface area contributed by atoms with Gasteiger partial charge in [0.25, 0.3) is 0 Å². The van der Waals surface area contributed by atoms with Crippen LogP contribution in [0.15, 0.2) is 24.3 Å². The molecule has 1 fully saturated rings. The van der Waals surface area contributed by atoms with E-state index in [1.165, 1.54) is 17.5 Å². The van der Waals surface area contributed by atoms with Crippen LogP contribution in [0.4, 0.5) is 0 Å². The van der Waals surface area contributed by atoms with Crippen LogP contribution in [0.3, 0.4) is 0 Å². The fourth-order valence-electron chi connectivity index (χ4n) is 2.39. The largest absolute Gasteiger partial charge is 0.349 e. The predicted molar refractivity (Wildman–Crippen MR) is 74.9 cm³/mol. The van der Waals surface area contributed by atoms with Crippen LogP contribution in [-0.2, 0) is 11.2 Å². The Morgan fingerprint density at radius 3 is 2.67 bits per heavy atom. The highest BCUT2D eigenvalue weighted by Gasteiger charge is 2.37. The van der Waals surface area contributed by atoms with Gasteiger partial charge in [0.15, 0.2) is 0 Å². The number of hydrogen-bond donors (Lipinski definition) is 1. The van der Waals surface area contributed by atoms with Crippen molar-refractivity contribution in [2.75, 3.05) is 5.88 Å². The second kappa shape index (κ2) is 5.75. The first-order valence-corrected chi connectivity index (χ1v) is 7.10. The van der Waals surface area contributed by atoms with Crippen LogP contribution in [0.2, 0.25) is 0 Å². The molecule has 1 saturated carbocycles. The number of rotatable bonds is 5. The highest BCUT2D eigenvalue weighted by atomic mass is 35.5. The Morgan fingerprint density at radius 1 is 1.39 bits per heavy atom. The number of carbonyl (C=O) groups excluding carboxylic acids is 1. The first-order chi connectivity index (χ1) is 8.65. The van der Waals surface area contributed by atoms with E-state index >= 15 is 0 Å². The van der Waals surface area contributed by atoms with Gasteiger partial charge in [0.1, 0.15) is 0 Å². The molecule has 1 aliphatic carbocycles. The Morgan fingerprint density at radius 2 is 2.11 bits per heavy atom. The van der Waals surface area contributed by atoms with E-state index in [1.54, 1.807) is 0 Å². The molecule has 0 radical (unpaired) electrons. The van der Waals surface area contributed by atoms with Crippen molar-refractivity contribution in [1.29, 1.82) is 0 Å². The summed E-state index contributed by atoms with van der Waals surface area (Å²) in [4.78, 5) is 11.9. The number of aryl methyl sites for hydroxylation is 2. The van der Waals surface area contributed by atoms with Crippen LogP contribution in [0.25, 0.3) is 0 Å². The van der Waals surface area contributed by atoms with Crippen LogP contribution >= 0.6 is 11.6 Å². The van der Waals surface area contributed by atoms with E-state index in [1.807, 2.05) is 12.1 Å². The van der Waals surface area contributed by atoms with E-state index in [4.69, 9.17) is 11.6 Å². The van der Waals surface area contributed by atoms with Crippen LogP contribution in [0, 0.1) is 6.92 Å². The minimum atomic E-state index is -0.107. The molecule has 1 aromatic carbocycles. The van der Waals surface area contributed by atoms with Crippen molar-refractivity contribution in [3.63, 3.8) is 0 Å². The monoisotopic (exact) mass is 265 g/mol. The number of carbonyl (C=O) groups is 1. The van der Waals surface area contributed by atoms with Gasteiger partial charge in [-0.05, 0) is 43.7 Å². The molecule has 98 valence electrons. The number of amides is 1. The minimum absolute atomic E-state index is 0.107. The molecule has 0 bridgehead atoms.